The monoisotopic (exact) mass is 313 g/mol. The number of benzene rings is 1. The highest BCUT2D eigenvalue weighted by Crippen LogP contribution is 2.24. The van der Waals surface area contributed by atoms with Crippen LogP contribution in [0, 0.1) is 0 Å². The van der Waals surface area contributed by atoms with Crippen molar-refractivity contribution in [1.82, 2.24) is 16.0 Å². The number of rotatable bonds is 6. The minimum Gasteiger partial charge on any atom is -0.481 e. The van der Waals surface area contributed by atoms with E-state index >= 15 is 0 Å². The van der Waals surface area contributed by atoms with Crippen molar-refractivity contribution in [2.45, 2.75) is 26.5 Å². The summed E-state index contributed by atoms with van der Waals surface area (Å²) in [5.41, 5.74) is 0.851. The maximum absolute atomic E-state index is 11.8. The summed E-state index contributed by atoms with van der Waals surface area (Å²) < 4.78 is 5.61. The fraction of sp³-hybridized carbons (Fsp3) is 0.429. The lowest BCUT2D eigenvalue weighted by molar-refractivity contribution is -0.126. The lowest BCUT2D eigenvalue weighted by Crippen LogP contribution is -2.44. The number of amides is 3. The molecule has 0 spiro atoms. The van der Waals surface area contributed by atoms with Crippen molar-refractivity contribution in [3.63, 3.8) is 0 Å². The molecular formula is C14H20ClN3O3. The molecule has 1 unspecified atom stereocenters. The van der Waals surface area contributed by atoms with E-state index in [0.717, 1.165) is 12.1 Å². The quantitative estimate of drug-likeness (QED) is 0.746. The van der Waals surface area contributed by atoms with Gasteiger partial charge < -0.3 is 15.4 Å². The molecule has 1 atom stereocenters. The first-order valence-corrected chi connectivity index (χ1v) is 7.04. The van der Waals surface area contributed by atoms with Crippen LogP contribution >= 0.6 is 11.6 Å². The average Bonchev–Trinajstić information content (AvgIpc) is 2.46. The molecule has 1 aromatic rings. The second kappa shape index (κ2) is 8.49. The van der Waals surface area contributed by atoms with Gasteiger partial charge in [-0.2, -0.15) is 0 Å². The summed E-state index contributed by atoms with van der Waals surface area (Å²) in [5, 5.41) is 8.24. The molecule has 0 radical (unpaired) electrons. The first-order valence-electron chi connectivity index (χ1n) is 6.66. The molecule has 0 saturated carbocycles. The van der Waals surface area contributed by atoms with Crippen LogP contribution < -0.4 is 20.7 Å². The number of nitrogens with one attached hydrogen (secondary N) is 3. The number of halogens is 1. The molecule has 0 heterocycles. The van der Waals surface area contributed by atoms with Gasteiger partial charge in [0, 0.05) is 24.2 Å². The molecule has 0 aliphatic carbocycles. The number of imide groups is 1. The Bertz CT molecular complexity index is 508. The SMILES string of the molecule is CCNCc1cc(Cl)ccc1OC(C)C(=O)NC(=O)NC. The molecule has 7 heteroatoms. The van der Waals surface area contributed by atoms with Crippen molar-refractivity contribution in [1.29, 1.82) is 0 Å². The van der Waals surface area contributed by atoms with Crippen molar-refractivity contribution in [2.75, 3.05) is 13.6 Å². The third kappa shape index (κ3) is 5.61. The van der Waals surface area contributed by atoms with E-state index in [4.69, 9.17) is 16.3 Å². The smallest absolute Gasteiger partial charge is 0.321 e. The van der Waals surface area contributed by atoms with Gasteiger partial charge in [0.1, 0.15) is 5.75 Å². The molecule has 0 fully saturated rings. The molecule has 1 rings (SSSR count). The zero-order valence-electron chi connectivity index (χ0n) is 12.3. The minimum absolute atomic E-state index is 0.515. The van der Waals surface area contributed by atoms with Gasteiger partial charge in [-0.05, 0) is 31.7 Å². The molecule has 3 amide bonds. The Morgan fingerprint density at radius 3 is 2.71 bits per heavy atom. The highest BCUT2D eigenvalue weighted by Gasteiger charge is 2.18. The third-order valence-corrected chi connectivity index (χ3v) is 2.96. The first kappa shape index (κ1) is 17.3. The molecule has 21 heavy (non-hydrogen) atoms. The summed E-state index contributed by atoms with van der Waals surface area (Å²) in [6.45, 7) is 4.95. The van der Waals surface area contributed by atoms with Gasteiger partial charge in [-0.1, -0.05) is 18.5 Å². The Balaban J connectivity index is 2.76. The third-order valence-electron chi connectivity index (χ3n) is 2.72. The summed E-state index contributed by atoms with van der Waals surface area (Å²) in [4.78, 5) is 22.9. The normalized spacial score (nSPS) is 11.6. The number of carbonyl (C=O) groups excluding carboxylic acids is 2. The maximum Gasteiger partial charge on any atom is 0.321 e. The molecular weight excluding hydrogens is 294 g/mol. The maximum atomic E-state index is 11.8. The predicted molar refractivity (Wildman–Crippen MR) is 81.5 cm³/mol. The summed E-state index contributed by atoms with van der Waals surface area (Å²) in [7, 11) is 1.43. The van der Waals surface area contributed by atoms with Crippen molar-refractivity contribution >= 4 is 23.5 Å². The zero-order valence-corrected chi connectivity index (χ0v) is 13.1. The van der Waals surface area contributed by atoms with Gasteiger partial charge in [-0.3, -0.25) is 10.1 Å². The van der Waals surface area contributed by atoms with Crippen LogP contribution in [0.4, 0.5) is 4.79 Å². The molecule has 116 valence electrons. The van der Waals surface area contributed by atoms with E-state index in [2.05, 4.69) is 16.0 Å². The van der Waals surface area contributed by atoms with Crippen LogP contribution in [0.2, 0.25) is 5.02 Å². The van der Waals surface area contributed by atoms with E-state index in [9.17, 15) is 9.59 Å². The van der Waals surface area contributed by atoms with E-state index in [1.807, 2.05) is 6.92 Å². The van der Waals surface area contributed by atoms with Gasteiger partial charge in [-0.25, -0.2) is 4.79 Å². The highest BCUT2D eigenvalue weighted by atomic mass is 35.5. The predicted octanol–water partition coefficient (Wildman–Crippen LogP) is 1.67. The van der Waals surface area contributed by atoms with Gasteiger partial charge in [-0.15, -0.1) is 0 Å². The topological polar surface area (TPSA) is 79.5 Å². The number of carbonyl (C=O) groups is 2. The number of urea groups is 1. The second-order valence-corrected chi connectivity index (χ2v) is 4.80. The molecule has 0 aliphatic heterocycles. The fourth-order valence-corrected chi connectivity index (χ4v) is 1.78. The highest BCUT2D eigenvalue weighted by molar-refractivity contribution is 6.30. The standard InChI is InChI=1S/C14H20ClN3O3/c1-4-17-8-10-7-11(15)5-6-12(10)21-9(2)13(19)18-14(20)16-3/h5-7,9,17H,4,8H2,1-3H3,(H2,16,18,19,20). The molecule has 0 aliphatic rings. The van der Waals surface area contributed by atoms with Crippen LogP contribution in [0.1, 0.15) is 19.4 Å². The largest absolute Gasteiger partial charge is 0.481 e. The molecule has 0 bridgehead atoms. The Kier molecular flexibility index (Phi) is 6.98. The van der Waals surface area contributed by atoms with E-state index in [-0.39, 0.29) is 0 Å². The van der Waals surface area contributed by atoms with Crippen molar-refractivity contribution in [3.8, 4) is 5.75 Å². The zero-order chi connectivity index (χ0) is 15.8. The Morgan fingerprint density at radius 1 is 1.38 bits per heavy atom. The van der Waals surface area contributed by atoms with Gasteiger partial charge in [0.25, 0.3) is 5.91 Å². The summed E-state index contributed by atoms with van der Waals surface area (Å²) in [6, 6.07) is 4.61. The van der Waals surface area contributed by atoms with Crippen LogP contribution in [0.5, 0.6) is 5.75 Å². The molecule has 1 aromatic carbocycles. The van der Waals surface area contributed by atoms with E-state index in [1.54, 1.807) is 25.1 Å². The minimum atomic E-state index is -0.802. The van der Waals surface area contributed by atoms with Gasteiger partial charge in [0.05, 0.1) is 0 Å². The summed E-state index contributed by atoms with van der Waals surface area (Å²) >= 11 is 5.97. The molecule has 0 saturated heterocycles. The molecule has 0 aromatic heterocycles. The van der Waals surface area contributed by atoms with Crippen molar-refractivity contribution in [3.05, 3.63) is 28.8 Å². The number of hydrogen-bond donors (Lipinski definition) is 3. The lowest BCUT2D eigenvalue weighted by Gasteiger charge is -2.17. The molecule has 6 nitrogen and oxygen atoms in total. The van der Waals surface area contributed by atoms with Crippen molar-refractivity contribution < 1.29 is 14.3 Å². The first-order chi connectivity index (χ1) is 9.97. The van der Waals surface area contributed by atoms with E-state index in [0.29, 0.717) is 17.3 Å². The number of ether oxygens (including phenoxy) is 1. The van der Waals surface area contributed by atoms with E-state index < -0.39 is 18.0 Å². The summed E-state index contributed by atoms with van der Waals surface area (Å²) in [5.74, 6) is 0.0404. The van der Waals surface area contributed by atoms with Crippen molar-refractivity contribution in [2.24, 2.45) is 0 Å². The summed E-state index contributed by atoms with van der Waals surface area (Å²) in [6.07, 6.45) is -0.802. The van der Waals surface area contributed by atoms with Crippen LogP contribution in [-0.2, 0) is 11.3 Å². The number of hydrogen-bond acceptors (Lipinski definition) is 4. The second-order valence-electron chi connectivity index (χ2n) is 4.36. The Morgan fingerprint density at radius 2 is 2.10 bits per heavy atom. The van der Waals surface area contributed by atoms with Gasteiger partial charge in [0.2, 0.25) is 0 Å². The lowest BCUT2D eigenvalue weighted by atomic mass is 10.2. The van der Waals surface area contributed by atoms with Crippen LogP contribution in [0.15, 0.2) is 18.2 Å². The van der Waals surface area contributed by atoms with Crippen LogP contribution in [0.25, 0.3) is 0 Å². The fourth-order valence-electron chi connectivity index (χ4n) is 1.58. The van der Waals surface area contributed by atoms with Crippen LogP contribution in [0.3, 0.4) is 0 Å². The average molecular weight is 314 g/mol. The molecule has 3 N–H and O–H groups in total. The van der Waals surface area contributed by atoms with Gasteiger partial charge in [0.15, 0.2) is 6.10 Å². The Labute approximate surface area is 129 Å². The van der Waals surface area contributed by atoms with Gasteiger partial charge >= 0.3 is 6.03 Å². The van der Waals surface area contributed by atoms with Crippen LogP contribution in [-0.4, -0.2) is 31.6 Å². The Hall–Kier alpha value is -1.79. The van der Waals surface area contributed by atoms with E-state index in [1.165, 1.54) is 7.05 Å².